The Balaban J connectivity index is 1.24. The van der Waals surface area contributed by atoms with E-state index in [1.807, 2.05) is 24.3 Å². The van der Waals surface area contributed by atoms with Crippen molar-refractivity contribution in [1.82, 2.24) is 0 Å². The molecule has 0 fully saturated rings. The standard InChI is InChI=1S/C54H66O4/c1-3-5-7-9-11-13-15-17-19-21-39-49(55)57-53-45-35-27-23-31-41(45)51(42-32-24-28-36-46(42)53)52-43-33-25-29-37-47(43)54(48-38-30-26-34-44(48)52)58-50(56)40-22-20-18-16-14-12-10-8-6-4-2/h23-38H,3-22,39-40H2,1-2H3. The normalized spacial score (nSPS) is 11.6. The molecule has 0 bridgehead atoms. The van der Waals surface area contributed by atoms with Gasteiger partial charge in [0.2, 0.25) is 0 Å². The van der Waals surface area contributed by atoms with Crippen LogP contribution in [-0.4, -0.2) is 11.9 Å². The third-order valence-electron chi connectivity index (χ3n) is 11.9. The number of hydrogen-bond acceptors (Lipinski definition) is 4. The molecule has 306 valence electrons. The second kappa shape index (κ2) is 23.0. The molecule has 0 saturated carbocycles. The Bertz CT molecular complexity index is 1960. The summed E-state index contributed by atoms with van der Waals surface area (Å²) in [5.41, 5.74) is 2.16. The maximum Gasteiger partial charge on any atom is 0.311 e. The molecule has 0 saturated heterocycles. The van der Waals surface area contributed by atoms with E-state index in [2.05, 4.69) is 86.6 Å². The minimum absolute atomic E-state index is 0.178. The quantitative estimate of drug-likeness (QED) is 0.0251. The maximum atomic E-state index is 13.5. The zero-order valence-electron chi connectivity index (χ0n) is 35.4. The Kier molecular flexibility index (Phi) is 17.0. The van der Waals surface area contributed by atoms with Gasteiger partial charge in [0, 0.05) is 34.4 Å². The summed E-state index contributed by atoms with van der Waals surface area (Å²) in [4.78, 5) is 26.9. The lowest BCUT2D eigenvalue weighted by Gasteiger charge is -2.21. The van der Waals surface area contributed by atoms with Crippen LogP contribution < -0.4 is 9.47 Å². The maximum absolute atomic E-state index is 13.5. The van der Waals surface area contributed by atoms with Crippen molar-refractivity contribution in [3.05, 3.63) is 97.1 Å². The van der Waals surface area contributed by atoms with E-state index in [1.165, 1.54) is 103 Å². The highest BCUT2D eigenvalue weighted by Crippen LogP contribution is 2.50. The van der Waals surface area contributed by atoms with E-state index in [0.29, 0.717) is 24.3 Å². The molecular weight excluding hydrogens is 713 g/mol. The van der Waals surface area contributed by atoms with Crippen LogP contribution in [0.5, 0.6) is 11.5 Å². The average Bonchev–Trinajstić information content (AvgIpc) is 3.25. The van der Waals surface area contributed by atoms with Crippen molar-refractivity contribution in [2.24, 2.45) is 0 Å². The van der Waals surface area contributed by atoms with Crippen LogP contribution in [-0.2, 0) is 9.59 Å². The first-order valence-electron chi connectivity index (χ1n) is 22.9. The van der Waals surface area contributed by atoms with Gasteiger partial charge >= 0.3 is 11.9 Å². The molecule has 0 atom stereocenters. The van der Waals surface area contributed by atoms with Crippen LogP contribution in [0.25, 0.3) is 54.2 Å². The number of carbonyl (C=O) groups is 2. The number of fused-ring (bicyclic) bond motifs is 4. The van der Waals surface area contributed by atoms with Crippen LogP contribution in [0.3, 0.4) is 0 Å². The Morgan fingerprint density at radius 2 is 0.552 bits per heavy atom. The van der Waals surface area contributed by atoms with Crippen molar-refractivity contribution in [2.45, 2.75) is 155 Å². The van der Waals surface area contributed by atoms with Gasteiger partial charge in [-0.1, -0.05) is 226 Å². The average molecular weight is 779 g/mol. The molecule has 6 aromatic rings. The predicted octanol–water partition coefficient (Wildman–Crippen LogP) is 16.4. The fraction of sp³-hybridized carbons (Fsp3) is 0.444. The van der Waals surface area contributed by atoms with Crippen molar-refractivity contribution in [3.8, 4) is 22.6 Å². The van der Waals surface area contributed by atoms with Crippen molar-refractivity contribution < 1.29 is 19.1 Å². The van der Waals surface area contributed by atoms with Crippen LogP contribution in [0.15, 0.2) is 97.1 Å². The molecule has 0 aromatic heterocycles. The first kappa shape index (κ1) is 42.9. The number of benzene rings is 6. The van der Waals surface area contributed by atoms with E-state index in [0.717, 1.165) is 79.9 Å². The molecule has 0 radical (unpaired) electrons. The highest BCUT2D eigenvalue weighted by molar-refractivity contribution is 6.27. The van der Waals surface area contributed by atoms with Gasteiger partial charge < -0.3 is 9.47 Å². The summed E-state index contributed by atoms with van der Waals surface area (Å²) in [6.07, 6.45) is 25.3. The number of carbonyl (C=O) groups excluding carboxylic acids is 2. The van der Waals surface area contributed by atoms with E-state index in [-0.39, 0.29) is 11.9 Å². The molecule has 4 nitrogen and oxygen atoms in total. The molecule has 58 heavy (non-hydrogen) atoms. The predicted molar refractivity (Wildman–Crippen MR) is 246 cm³/mol. The van der Waals surface area contributed by atoms with E-state index in [4.69, 9.17) is 9.47 Å². The first-order valence-corrected chi connectivity index (χ1v) is 22.9. The molecule has 0 aliphatic heterocycles. The highest BCUT2D eigenvalue weighted by Gasteiger charge is 2.24. The SMILES string of the molecule is CCCCCCCCCCCCC(=O)Oc1c2ccccc2c(-c2c3ccccc3c(OC(=O)CCCCCCCCCCCC)c3ccccc23)c2ccccc12. The van der Waals surface area contributed by atoms with Gasteiger partial charge in [0.25, 0.3) is 0 Å². The number of ether oxygens (including phenoxy) is 2. The van der Waals surface area contributed by atoms with Crippen molar-refractivity contribution in [3.63, 3.8) is 0 Å². The number of hydrogen-bond donors (Lipinski definition) is 0. The monoisotopic (exact) mass is 778 g/mol. The third-order valence-corrected chi connectivity index (χ3v) is 11.9. The molecule has 0 unspecified atom stereocenters. The minimum atomic E-state index is -0.178. The Morgan fingerprint density at radius 3 is 0.810 bits per heavy atom. The molecule has 0 N–H and O–H groups in total. The lowest BCUT2D eigenvalue weighted by atomic mass is 9.85. The van der Waals surface area contributed by atoms with E-state index in [1.54, 1.807) is 0 Å². The molecule has 0 spiro atoms. The second-order valence-electron chi connectivity index (χ2n) is 16.4. The fourth-order valence-corrected chi connectivity index (χ4v) is 8.78. The van der Waals surface area contributed by atoms with Crippen molar-refractivity contribution in [1.29, 1.82) is 0 Å². The minimum Gasteiger partial charge on any atom is -0.425 e. The smallest absolute Gasteiger partial charge is 0.311 e. The zero-order chi connectivity index (χ0) is 40.4. The molecule has 4 heteroatoms. The van der Waals surface area contributed by atoms with E-state index in [9.17, 15) is 9.59 Å². The van der Waals surface area contributed by atoms with Crippen LogP contribution in [0.1, 0.15) is 155 Å². The molecule has 0 aliphatic rings. The van der Waals surface area contributed by atoms with Crippen molar-refractivity contribution >= 4 is 55.0 Å². The first-order chi connectivity index (χ1) is 28.6. The molecule has 0 amide bonds. The number of unbranched alkanes of at least 4 members (excludes halogenated alkanes) is 18. The van der Waals surface area contributed by atoms with Gasteiger partial charge in [-0.05, 0) is 45.5 Å². The van der Waals surface area contributed by atoms with Gasteiger partial charge in [0.1, 0.15) is 11.5 Å². The summed E-state index contributed by atoms with van der Waals surface area (Å²) in [6, 6.07) is 33.2. The summed E-state index contributed by atoms with van der Waals surface area (Å²) in [7, 11) is 0. The van der Waals surface area contributed by atoms with E-state index >= 15 is 0 Å². The largest absolute Gasteiger partial charge is 0.425 e. The molecular formula is C54H66O4. The Morgan fingerprint density at radius 1 is 0.328 bits per heavy atom. The molecule has 0 aliphatic carbocycles. The van der Waals surface area contributed by atoms with Gasteiger partial charge in [-0.25, -0.2) is 0 Å². The summed E-state index contributed by atoms with van der Waals surface area (Å²) in [6.45, 7) is 4.52. The lowest BCUT2D eigenvalue weighted by Crippen LogP contribution is -2.09. The van der Waals surface area contributed by atoms with Crippen LogP contribution >= 0.6 is 0 Å². The topological polar surface area (TPSA) is 52.6 Å². The summed E-state index contributed by atoms with van der Waals surface area (Å²) in [5.74, 6) is 0.890. The van der Waals surface area contributed by atoms with Crippen LogP contribution in [0.4, 0.5) is 0 Å². The van der Waals surface area contributed by atoms with Crippen molar-refractivity contribution in [2.75, 3.05) is 0 Å². The molecule has 6 rings (SSSR count). The van der Waals surface area contributed by atoms with Crippen LogP contribution in [0, 0.1) is 0 Å². The lowest BCUT2D eigenvalue weighted by molar-refractivity contribution is -0.135. The summed E-state index contributed by atoms with van der Waals surface area (Å²) >= 11 is 0. The highest BCUT2D eigenvalue weighted by atomic mass is 16.5. The van der Waals surface area contributed by atoms with Gasteiger partial charge in [0.15, 0.2) is 0 Å². The Labute approximate surface area is 347 Å². The van der Waals surface area contributed by atoms with E-state index < -0.39 is 0 Å². The second-order valence-corrected chi connectivity index (χ2v) is 16.4. The Hall–Kier alpha value is -4.70. The summed E-state index contributed by atoms with van der Waals surface area (Å²) < 4.78 is 12.7. The number of esters is 2. The fourth-order valence-electron chi connectivity index (χ4n) is 8.78. The van der Waals surface area contributed by atoms with Gasteiger partial charge in [-0.3, -0.25) is 9.59 Å². The summed E-state index contributed by atoms with van der Waals surface area (Å²) in [5, 5.41) is 7.71. The van der Waals surface area contributed by atoms with Crippen LogP contribution in [0.2, 0.25) is 0 Å². The third kappa shape index (κ3) is 11.3. The number of rotatable bonds is 25. The van der Waals surface area contributed by atoms with Gasteiger partial charge in [-0.2, -0.15) is 0 Å². The van der Waals surface area contributed by atoms with Gasteiger partial charge in [0.05, 0.1) is 0 Å². The molecule has 0 heterocycles. The zero-order valence-corrected chi connectivity index (χ0v) is 35.4. The molecule has 6 aromatic carbocycles. The van der Waals surface area contributed by atoms with Gasteiger partial charge in [-0.15, -0.1) is 0 Å².